The number of benzene rings is 2. The fourth-order valence-corrected chi connectivity index (χ4v) is 1.39. The van der Waals surface area contributed by atoms with Crippen LogP contribution in [0.25, 0.3) is 0 Å². The van der Waals surface area contributed by atoms with E-state index < -0.39 is 12.2 Å². The third-order valence-electron chi connectivity index (χ3n) is 2.35. The van der Waals surface area contributed by atoms with Gasteiger partial charge in [0, 0.05) is 11.1 Å². The lowest BCUT2D eigenvalue weighted by molar-refractivity contribution is -0.146. The average molecular weight is 310 g/mol. The van der Waals surface area contributed by atoms with Crippen LogP contribution in [0.5, 0.6) is 0 Å². The van der Waals surface area contributed by atoms with Gasteiger partial charge in [-0.1, -0.05) is 36.4 Å². The van der Waals surface area contributed by atoms with Gasteiger partial charge < -0.3 is 5.73 Å². The summed E-state index contributed by atoms with van der Waals surface area (Å²) >= 11 is 0. The molecule has 0 unspecified atom stereocenters. The molecule has 0 radical (unpaired) electrons. The molecule has 4 nitrogen and oxygen atoms in total. The van der Waals surface area contributed by atoms with Crippen LogP contribution in [0, 0.1) is 0 Å². The van der Waals surface area contributed by atoms with Gasteiger partial charge in [-0.05, 0) is 24.3 Å². The first-order valence-electron chi connectivity index (χ1n) is 6.09. The maximum atomic E-state index is 11.7. The predicted molar refractivity (Wildman–Crippen MR) is 74.9 cm³/mol. The smallest absolute Gasteiger partial charge is 0.366 e. The van der Waals surface area contributed by atoms with Gasteiger partial charge in [-0.2, -0.15) is 13.2 Å². The zero-order valence-electron chi connectivity index (χ0n) is 11.3. The molecule has 0 bridgehead atoms. The molecule has 0 aliphatic rings. The molecule has 0 aliphatic heterocycles. The highest BCUT2D eigenvalue weighted by Gasteiger charge is 2.30. The molecule has 3 N–H and O–H groups in total. The van der Waals surface area contributed by atoms with Crippen LogP contribution in [0.3, 0.4) is 0 Å². The van der Waals surface area contributed by atoms with Crippen LogP contribution < -0.4 is 11.1 Å². The molecule has 116 valence electrons. The van der Waals surface area contributed by atoms with E-state index in [1.54, 1.807) is 30.3 Å². The fourth-order valence-electron chi connectivity index (χ4n) is 1.39. The summed E-state index contributed by atoms with van der Waals surface area (Å²) in [5.74, 6) is -1.52. The number of carbonyl (C=O) groups is 2. The Balaban J connectivity index is 0.000000235. The van der Waals surface area contributed by atoms with Crippen molar-refractivity contribution in [2.24, 2.45) is 5.73 Å². The summed E-state index contributed by atoms with van der Waals surface area (Å²) < 4.78 is 35.0. The SMILES string of the molecule is NC(=O)c1ccccc1.O=C(NC(F)(F)F)c1ccccc1. The van der Waals surface area contributed by atoms with Crippen molar-refractivity contribution in [3.63, 3.8) is 0 Å². The Labute approximate surface area is 124 Å². The van der Waals surface area contributed by atoms with Crippen LogP contribution in [0.1, 0.15) is 20.7 Å². The summed E-state index contributed by atoms with van der Waals surface area (Å²) in [6, 6.07) is 16.0. The van der Waals surface area contributed by atoms with Crippen molar-refractivity contribution in [2.45, 2.75) is 6.30 Å². The molecule has 0 aromatic heterocycles. The lowest BCUT2D eigenvalue weighted by atomic mass is 10.2. The fraction of sp³-hybridized carbons (Fsp3) is 0.0667. The molecule has 0 fully saturated rings. The molecule has 2 aromatic carbocycles. The molecule has 7 heteroatoms. The van der Waals surface area contributed by atoms with Crippen molar-refractivity contribution in [2.75, 3.05) is 0 Å². The minimum absolute atomic E-state index is 0.0141. The largest absolute Gasteiger partial charge is 0.484 e. The Hall–Kier alpha value is -2.83. The zero-order valence-corrected chi connectivity index (χ0v) is 11.3. The lowest BCUT2D eigenvalue weighted by Gasteiger charge is -2.07. The first-order chi connectivity index (χ1) is 10.3. The molecule has 0 saturated heterocycles. The van der Waals surface area contributed by atoms with Crippen LogP contribution in [0.4, 0.5) is 13.2 Å². The van der Waals surface area contributed by atoms with Crippen molar-refractivity contribution in [1.82, 2.24) is 5.32 Å². The number of amides is 2. The number of hydrogen-bond acceptors (Lipinski definition) is 2. The lowest BCUT2D eigenvalue weighted by Crippen LogP contribution is -2.37. The molecule has 2 amide bonds. The second-order valence-corrected chi connectivity index (χ2v) is 4.05. The first-order valence-corrected chi connectivity index (χ1v) is 6.09. The van der Waals surface area contributed by atoms with Crippen LogP contribution in [-0.2, 0) is 0 Å². The number of hydrogen-bond donors (Lipinski definition) is 2. The standard InChI is InChI=1S/C8H6F3NO.C7H7NO/c9-8(10,11)12-7(13)6-4-2-1-3-5-6;8-7(9)6-4-2-1-3-5-6/h1-5H,(H,12,13);1-5H,(H2,8,9). The van der Waals surface area contributed by atoms with E-state index in [9.17, 15) is 22.8 Å². The van der Waals surface area contributed by atoms with Gasteiger partial charge in [-0.3, -0.25) is 14.9 Å². The molecule has 0 saturated carbocycles. The Morgan fingerprint density at radius 1 is 0.818 bits per heavy atom. The van der Waals surface area contributed by atoms with Gasteiger partial charge in [0.1, 0.15) is 0 Å². The van der Waals surface area contributed by atoms with E-state index in [0.717, 1.165) is 5.32 Å². The molecule has 0 spiro atoms. The number of nitrogens with one attached hydrogen (secondary N) is 1. The summed E-state index contributed by atoms with van der Waals surface area (Å²) in [6.07, 6.45) is -4.67. The van der Waals surface area contributed by atoms with E-state index in [1.165, 1.54) is 24.3 Å². The molecule has 2 rings (SSSR count). The quantitative estimate of drug-likeness (QED) is 0.837. The van der Waals surface area contributed by atoms with Gasteiger partial charge in [-0.15, -0.1) is 0 Å². The molecule has 22 heavy (non-hydrogen) atoms. The summed E-state index contributed by atoms with van der Waals surface area (Å²) in [5.41, 5.74) is 5.51. The monoisotopic (exact) mass is 310 g/mol. The Morgan fingerprint density at radius 2 is 1.23 bits per heavy atom. The van der Waals surface area contributed by atoms with Crippen molar-refractivity contribution in [3.8, 4) is 0 Å². The third-order valence-corrected chi connectivity index (χ3v) is 2.35. The van der Waals surface area contributed by atoms with Gasteiger partial charge in [0.15, 0.2) is 0 Å². The van der Waals surface area contributed by atoms with E-state index in [4.69, 9.17) is 5.73 Å². The maximum Gasteiger partial charge on any atom is 0.484 e. The first kappa shape index (κ1) is 17.2. The zero-order chi connectivity index (χ0) is 16.6. The van der Waals surface area contributed by atoms with Gasteiger partial charge in [0.25, 0.3) is 5.91 Å². The number of primary amides is 1. The minimum atomic E-state index is -4.67. The number of rotatable bonds is 2. The number of carbonyl (C=O) groups excluding carboxylic acids is 2. The van der Waals surface area contributed by atoms with Crippen LogP contribution in [0.15, 0.2) is 60.7 Å². The summed E-state index contributed by atoms with van der Waals surface area (Å²) in [6.45, 7) is 0. The maximum absolute atomic E-state index is 11.7. The minimum Gasteiger partial charge on any atom is -0.366 e. The van der Waals surface area contributed by atoms with Gasteiger partial charge in [0.2, 0.25) is 5.91 Å². The van der Waals surface area contributed by atoms with Crippen molar-refractivity contribution in [3.05, 3.63) is 71.8 Å². The van der Waals surface area contributed by atoms with Crippen LogP contribution in [-0.4, -0.2) is 18.1 Å². The number of halogens is 3. The van der Waals surface area contributed by atoms with Crippen molar-refractivity contribution >= 4 is 11.8 Å². The second kappa shape index (κ2) is 7.82. The predicted octanol–water partition coefficient (Wildman–Crippen LogP) is 2.72. The summed E-state index contributed by atoms with van der Waals surface area (Å²) in [4.78, 5) is 21.3. The van der Waals surface area contributed by atoms with Gasteiger partial charge >= 0.3 is 6.30 Å². The molecule has 0 heterocycles. The highest BCUT2D eigenvalue weighted by atomic mass is 19.4. The Kier molecular flexibility index (Phi) is 6.12. The topological polar surface area (TPSA) is 72.2 Å². The Bertz CT molecular complexity index is 614. The van der Waals surface area contributed by atoms with Crippen molar-refractivity contribution < 1.29 is 22.8 Å². The van der Waals surface area contributed by atoms with Crippen LogP contribution in [0.2, 0.25) is 0 Å². The normalized spacial score (nSPS) is 10.1. The van der Waals surface area contributed by atoms with Crippen LogP contribution >= 0.6 is 0 Å². The summed E-state index contributed by atoms with van der Waals surface area (Å²) in [5, 5.41) is 0.896. The van der Waals surface area contributed by atoms with E-state index in [1.807, 2.05) is 6.07 Å². The highest BCUT2D eigenvalue weighted by Crippen LogP contribution is 2.11. The summed E-state index contributed by atoms with van der Waals surface area (Å²) in [7, 11) is 0. The van der Waals surface area contributed by atoms with Crippen molar-refractivity contribution in [1.29, 1.82) is 0 Å². The molecule has 0 atom stereocenters. The molecular formula is C15H13F3N2O2. The molecular weight excluding hydrogens is 297 g/mol. The van der Waals surface area contributed by atoms with Gasteiger partial charge in [0.05, 0.1) is 0 Å². The second-order valence-electron chi connectivity index (χ2n) is 4.05. The van der Waals surface area contributed by atoms with Gasteiger partial charge in [-0.25, -0.2) is 0 Å². The highest BCUT2D eigenvalue weighted by molar-refractivity contribution is 5.94. The van der Waals surface area contributed by atoms with E-state index >= 15 is 0 Å². The Morgan fingerprint density at radius 3 is 1.55 bits per heavy atom. The number of alkyl halides is 3. The van der Waals surface area contributed by atoms with E-state index in [2.05, 4.69) is 0 Å². The average Bonchev–Trinajstić information content (AvgIpc) is 2.48. The van der Waals surface area contributed by atoms with E-state index in [-0.39, 0.29) is 11.5 Å². The van der Waals surface area contributed by atoms with E-state index in [0.29, 0.717) is 5.56 Å². The molecule has 2 aromatic rings. The number of nitrogens with two attached hydrogens (primary N) is 1. The molecule has 0 aliphatic carbocycles. The third kappa shape index (κ3) is 6.56.